The summed E-state index contributed by atoms with van der Waals surface area (Å²) in [5.41, 5.74) is 1.30. The molecule has 6 heteroatoms. The van der Waals surface area contributed by atoms with Crippen molar-refractivity contribution in [3.05, 3.63) is 36.4 Å². The van der Waals surface area contributed by atoms with E-state index in [0.717, 1.165) is 5.69 Å². The molecule has 2 atom stereocenters. The first-order valence-corrected chi connectivity index (χ1v) is 7.43. The fourth-order valence-corrected chi connectivity index (χ4v) is 2.56. The van der Waals surface area contributed by atoms with E-state index in [2.05, 4.69) is 5.32 Å². The Morgan fingerprint density at radius 3 is 2.17 bits per heavy atom. The van der Waals surface area contributed by atoms with Crippen LogP contribution in [-0.2, 0) is 14.4 Å². The third-order valence-corrected chi connectivity index (χ3v) is 4.08. The summed E-state index contributed by atoms with van der Waals surface area (Å²) in [5, 5.41) is 12.0. The van der Waals surface area contributed by atoms with Gasteiger partial charge in [0.2, 0.25) is 11.8 Å². The van der Waals surface area contributed by atoms with Crippen LogP contribution in [0, 0.1) is 11.8 Å². The molecule has 2 rings (SSSR count). The number of rotatable bonds is 4. The van der Waals surface area contributed by atoms with E-state index in [1.54, 1.807) is 37.4 Å². The lowest BCUT2D eigenvalue weighted by atomic mass is 9.82. The van der Waals surface area contributed by atoms with Gasteiger partial charge in [0.1, 0.15) is 0 Å². The summed E-state index contributed by atoms with van der Waals surface area (Å²) in [5.74, 6) is -2.59. The van der Waals surface area contributed by atoms with Crippen LogP contribution < -0.4 is 10.2 Å². The minimum Gasteiger partial charge on any atom is -0.481 e. The molecular weight excluding hydrogens is 296 g/mol. The van der Waals surface area contributed by atoms with Gasteiger partial charge in [0.15, 0.2) is 0 Å². The Balaban J connectivity index is 2.06. The highest BCUT2D eigenvalue weighted by Crippen LogP contribution is 2.27. The largest absolute Gasteiger partial charge is 0.481 e. The van der Waals surface area contributed by atoms with Crippen molar-refractivity contribution in [2.24, 2.45) is 11.8 Å². The minimum absolute atomic E-state index is 0.0833. The lowest BCUT2D eigenvalue weighted by Crippen LogP contribution is -2.34. The molecule has 1 aliphatic carbocycles. The number of benzene rings is 1. The number of nitrogens with one attached hydrogen (secondary N) is 1. The number of allylic oxidation sites excluding steroid dienone is 2. The number of carboxylic acids is 1. The van der Waals surface area contributed by atoms with Crippen molar-refractivity contribution >= 4 is 29.2 Å². The fraction of sp³-hybridized carbons (Fsp3) is 0.353. The van der Waals surface area contributed by atoms with Crippen LogP contribution in [0.1, 0.15) is 19.8 Å². The van der Waals surface area contributed by atoms with E-state index in [9.17, 15) is 19.5 Å². The van der Waals surface area contributed by atoms with Gasteiger partial charge in [0.05, 0.1) is 11.8 Å². The molecule has 23 heavy (non-hydrogen) atoms. The number of hydrogen-bond acceptors (Lipinski definition) is 3. The van der Waals surface area contributed by atoms with Gasteiger partial charge in [-0.15, -0.1) is 0 Å². The van der Waals surface area contributed by atoms with E-state index in [4.69, 9.17) is 0 Å². The minimum atomic E-state index is -0.951. The van der Waals surface area contributed by atoms with Gasteiger partial charge < -0.3 is 15.3 Å². The molecule has 0 heterocycles. The van der Waals surface area contributed by atoms with Gasteiger partial charge in [-0.3, -0.25) is 14.4 Å². The highest BCUT2D eigenvalue weighted by atomic mass is 16.4. The van der Waals surface area contributed by atoms with E-state index in [1.807, 2.05) is 6.08 Å². The van der Waals surface area contributed by atoms with Crippen molar-refractivity contribution in [1.29, 1.82) is 0 Å². The summed E-state index contributed by atoms with van der Waals surface area (Å²) >= 11 is 0. The first-order chi connectivity index (χ1) is 10.9. The number of carbonyl (C=O) groups excluding carboxylic acids is 2. The topological polar surface area (TPSA) is 86.7 Å². The first-order valence-electron chi connectivity index (χ1n) is 7.43. The lowest BCUT2D eigenvalue weighted by molar-refractivity contribution is -0.146. The van der Waals surface area contributed by atoms with Crippen LogP contribution in [0.25, 0.3) is 0 Å². The SMILES string of the molecule is CC(=O)N(C)c1ccc(NC(=O)C2CC=CCC2C(=O)O)cc1. The Bertz CT molecular complexity index is 636. The zero-order valence-corrected chi connectivity index (χ0v) is 13.2. The number of amides is 2. The van der Waals surface area contributed by atoms with Crippen molar-refractivity contribution < 1.29 is 19.5 Å². The first kappa shape index (κ1) is 16.7. The second-order valence-corrected chi connectivity index (χ2v) is 5.61. The predicted octanol–water partition coefficient (Wildman–Crippen LogP) is 2.27. The van der Waals surface area contributed by atoms with Crippen molar-refractivity contribution in [3.63, 3.8) is 0 Å². The highest BCUT2D eigenvalue weighted by molar-refractivity contribution is 5.96. The predicted molar refractivity (Wildman–Crippen MR) is 87.1 cm³/mol. The number of carbonyl (C=O) groups is 3. The molecule has 1 aromatic carbocycles. The standard InChI is InChI=1S/C17H20N2O4/c1-11(20)19(2)13-9-7-12(8-10-13)18-16(21)14-5-3-4-6-15(14)17(22)23/h3-4,7-10,14-15H,5-6H2,1-2H3,(H,18,21)(H,22,23). The zero-order valence-electron chi connectivity index (χ0n) is 13.2. The number of nitrogens with zero attached hydrogens (tertiary/aromatic N) is 1. The Hall–Kier alpha value is -2.63. The highest BCUT2D eigenvalue weighted by Gasteiger charge is 2.33. The third kappa shape index (κ3) is 3.97. The normalized spacial score (nSPS) is 19.9. The maximum atomic E-state index is 12.3. The number of carboxylic acid groups (broad SMARTS) is 1. The quantitative estimate of drug-likeness (QED) is 0.834. The van der Waals surface area contributed by atoms with Crippen molar-refractivity contribution in [2.75, 3.05) is 17.3 Å². The third-order valence-electron chi connectivity index (χ3n) is 4.08. The van der Waals surface area contributed by atoms with E-state index < -0.39 is 17.8 Å². The van der Waals surface area contributed by atoms with Crippen molar-refractivity contribution in [1.82, 2.24) is 0 Å². The molecule has 6 nitrogen and oxygen atoms in total. The second-order valence-electron chi connectivity index (χ2n) is 5.61. The maximum absolute atomic E-state index is 12.3. The van der Waals surface area contributed by atoms with Crippen LogP contribution >= 0.6 is 0 Å². The summed E-state index contributed by atoms with van der Waals surface area (Å²) < 4.78 is 0. The van der Waals surface area contributed by atoms with Crippen LogP contribution in [0.5, 0.6) is 0 Å². The van der Waals surface area contributed by atoms with E-state index in [0.29, 0.717) is 18.5 Å². The van der Waals surface area contributed by atoms with Crippen LogP contribution in [0.3, 0.4) is 0 Å². The molecule has 0 bridgehead atoms. The second kappa shape index (κ2) is 7.09. The van der Waals surface area contributed by atoms with Gasteiger partial charge in [-0.1, -0.05) is 12.2 Å². The molecule has 2 amide bonds. The van der Waals surface area contributed by atoms with Gasteiger partial charge in [0.25, 0.3) is 0 Å². The lowest BCUT2D eigenvalue weighted by Gasteiger charge is -2.24. The summed E-state index contributed by atoms with van der Waals surface area (Å²) in [6.07, 6.45) is 4.44. The van der Waals surface area contributed by atoms with Crippen LogP contribution in [0.4, 0.5) is 11.4 Å². The van der Waals surface area contributed by atoms with Crippen LogP contribution in [-0.4, -0.2) is 29.9 Å². The van der Waals surface area contributed by atoms with Gasteiger partial charge in [0, 0.05) is 25.3 Å². The molecule has 0 radical (unpaired) electrons. The Morgan fingerprint density at radius 1 is 1.09 bits per heavy atom. The molecule has 2 N–H and O–H groups in total. The maximum Gasteiger partial charge on any atom is 0.307 e. The van der Waals surface area contributed by atoms with Crippen molar-refractivity contribution in [2.45, 2.75) is 19.8 Å². The molecule has 2 unspecified atom stereocenters. The molecule has 1 aliphatic rings. The van der Waals surface area contributed by atoms with E-state index in [-0.39, 0.29) is 11.8 Å². The Kier molecular flexibility index (Phi) is 5.16. The summed E-state index contributed by atoms with van der Waals surface area (Å²) in [4.78, 5) is 36.4. The number of anilines is 2. The summed E-state index contributed by atoms with van der Waals surface area (Å²) in [7, 11) is 1.67. The average Bonchev–Trinajstić information content (AvgIpc) is 2.54. The molecule has 0 spiro atoms. The van der Waals surface area contributed by atoms with Gasteiger partial charge in [-0.2, -0.15) is 0 Å². The Morgan fingerprint density at radius 2 is 1.65 bits per heavy atom. The van der Waals surface area contributed by atoms with Crippen molar-refractivity contribution in [3.8, 4) is 0 Å². The molecule has 0 saturated heterocycles. The molecule has 0 fully saturated rings. The smallest absolute Gasteiger partial charge is 0.307 e. The van der Waals surface area contributed by atoms with E-state index >= 15 is 0 Å². The molecule has 1 aromatic rings. The zero-order chi connectivity index (χ0) is 17.0. The summed E-state index contributed by atoms with van der Waals surface area (Å²) in [6.45, 7) is 1.47. The van der Waals surface area contributed by atoms with Gasteiger partial charge >= 0.3 is 5.97 Å². The van der Waals surface area contributed by atoms with Gasteiger partial charge in [-0.05, 0) is 37.1 Å². The number of aliphatic carboxylic acids is 1. The summed E-state index contributed by atoms with van der Waals surface area (Å²) in [6, 6.07) is 6.85. The van der Waals surface area contributed by atoms with Crippen LogP contribution in [0.2, 0.25) is 0 Å². The molecule has 0 aromatic heterocycles. The fourth-order valence-electron chi connectivity index (χ4n) is 2.56. The molecule has 0 saturated carbocycles. The number of hydrogen-bond donors (Lipinski definition) is 2. The monoisotopic (exact) mass is 316 g/mol. The molecule has 122 valence electrons. The van der Waals surface area contributed by atoms with Crippen LogP contribution in [0.15, 0.2) is 36.4 Å². The molecular formula is C17H20N2O4. The van der Waals surface area contributed by atoms with E-state index in [1.165, 1.54) is 11.8 Å². The van der Waals surface area contributed by atoms with Gasteiger partial charge in [-0.25, -0.2) is 0 Å². The average molecular weight is 316 g/mol. The molecule has 0 aliphatic heterocycles. The Labute approximate surface area is 134 Å².